The number of ether oxygens (including phenoxy) is 3. The van der Waals surface area contributed by atoms with Crippen molar-refractivity contribution < 1.29 is 19.0 Å². The molecular weight excluding hydrogens is 296 g/mol. The maximum absolute atomic E-state index is 12.3. The van der Waals surface area contributed by atoms with Crippen molar-refractivity contribution in [3.63, 3.8) is 0 Å². The van der Waals surface area contributed by atoms with Crippen LogP contribution in [0.3, 0.4) is 0 Å². The lowest BCUT2D eigenvalue weighted by Crippen LogP contribution is -2.42. The van der Waals surface area contributed by atoms with Crippen LogP contribution >= 0.6 is 0 Å². The van der Waals surface area contributed by atoms with Crippen LogP contribution in [-0.4, -0.2) is 36.5 Å². The van der Waals surface area contributed by atoms with E-state index in [1.807, 2.05) is 32.9 Å². The molecule has 0 radical (unpaired) electrons. The van der Waals surface area contributed by atoms with E-state index in [9.17, 15) is 4.79 Å². The zero-order chi connectivity index (χ0) is 16.6. The second-order valence-electron chi connectivity index (χ2n) is 7.07. The van der Waals surface area contributed by atoms with Crippen LogP contribution in [0.2, 0.25) is 0 Å². The normalized spacial score (nSPS) is 20.5. The molecule has 0 spiro atoms. The Morgan fingerprint density at radius 3 is 2.78 bits per heavy atom. The van der Waals surface area contributed by atoms with Crippen LogP contribution in [0.15, 0.2) is 12.1 Å². The number of amides is 1. The summed E-state index contributed by atoms with van der Waals surface area (Å²) in [6.45, 7) is 7.17. The SMILES string of the molecule is CC(C)(C)OC(=O)N1CCCC(c2ccc(N)c3c2OCO3)C1. The summed E-state index contributed by atoms with van der Waals surface area (Å²) >= 11 is 0. The molecule has 1 amide bonds. The van der Waals surface area contributed by atoms with Crippen molar-refractivity contribution in [1.82, 2.24) is 4.90 Å². The molecule has 1 unspecified atom stereocenters. The Balaban J connectivity index is 1.77. The third-order valence-corrected chi connectivity index (χ3v) is 4.09. The fourth-order valence-electron chi connectivity index (χ4n) is 3.08. The van der Waals surface area contributed by atoms with Gasteiger partial charge in [-0.25, -0.2) is 4.79 Å². The summed E-state index contributed by atoms with van der Waals surface area (Å²) in [5.41, 5.74) is 7.08. The second kappa shape index (κ2) is 5.83. The number of carbonyl (C=O) groups is 1. The lowest BCUT2D eigenvalue weighted by Gasteiger charge is -2.34. The van der Waals surface area contributed by atoms with Gasteiger partial charge in [0, 0.05) is 24.6 Å². The molecule has 2 aliphatic heterocycles. The Morgan fingerprint density at radius 2 is 2.04 bits per heavy atom. The van der Waals surface area contributed by atoms with Gasteiger partial charge in [0.2, 0.25) is 6.79 Å². The highest BCUT2D eigenvalue weighted by atomic mass is 16.7. The van der Waals surface area contributed by atoms with Crippen LogP contribution in [0.1, 0.15) is 45.1 Å². The van der Waals surface area contributed by atoms with Gasteiger partial charge in [-0.15, -0.1) is 0 Å². The molecule has 1 aromatic carbocycles. The summed E-state index contributed by atoms with van der Waals surface area (Å²) in [6.07, 6.45) is 1.68. The van der Waals surface area contributed by atoms with Crippen molar-refractivity contribution in [3.05, 3.63) is 17.7 Å². The van der Waals surface area contributed by atoms with E-state index in [0.29, 0.717) is 18.0 Å². The number of nitrogens with zero attached hydrogens (tertiary/aromatic N) is 1. The van der Waals surface area contributed by atoms with E-state index in [2.05, 4.69) is 0 Å². The lowest BCUT2D eigenvalue weighted by molar-refractivity contribution is 0.0197. The van der Waals surface area contributed by atoms with Crippen LogP contribution in [0, 0.1) is 0 Å². The predicted molar refractivity (Wildman–Crippen MR) is 86.8 cm³/mol. The standard InChI is InChI=1S/C17H24N2O4/c1-17(2,3)23-16(20)19-8-4-5-11(9-19)12-6-7-13(18)15-14(12)21-10-22-15/h6-7,11H,4-5,8-10,18H2,1-3H3. The fourth-order valence-corrected chi connectivity index (χ4v) is 3.08. The third kappa shape index (κ3) is 3.30. The van der Waals surface area contributed by atoms with Gasteiger partial charge in [-0.2, -0.15) is 0 Å². The zero-order valence-corrected chi connectivity index (χ0v) is 13.9. The van der Waals surface area contributed by atoms with Crippen molar-refractivity contribution in [1.29, 1.82) is 0 Å². The Kier molecular flexibility index (Phi) is 4.00. The van der Waals surface area contributed by atoms with Crippen molar-refractivity contribution in [2.45, 2.75) is 45.1 Å². The number of nitrogens with two attached hydrogens (primary N) is 1. The second-order valence-corrected chi connectivity index (χ2v) is 7.07. The van der Waals surface area contributed by atoms with Crippen LogP contribution < -0.4 is 15.2 Å². The van der Waals surface area contributed by atoms with Gasteiger partial charge in [0.05, 0.1) is 5.69 Å². The average molecular weight is 320 g/mol. The van der Waals surface area contributed by atoms with Crippen LogP contribution in [0.25, 0.3) is 0 Å². The number of fused-ring (bicyclic) bond motifs is 1. The number of hydrogen-bond donors (Lipinski definition) is 1. The lowest BCUT2D eigenvalue weighted by atomic mass is 9.89. The number of carbonyl (C=O) groups excluding carboxylic acids is 1. The number of hydrogen-bond acceptors (Lipinski definition) is 5. The monoisotopic (exact) mass is 320 g/mol. The Hall–Kier alpha value is -2.11. The van der Waals surface area contributed by atoms with E-state index in [1.54, 1.807) is 4.90 Å². The molecule has 126 valence electrons. The molecule has 6 nitrogen and oxygen atoms in total. The number of likely N-dealkylation sites (tertiary alicyclic amines) is 1. The van der Waals surface area contributed by atoms with Crippen LogP contribution in [-0.2, 0) is 4.74 Å². The average Bonchev–Trinajstić information content (AvgIpc) is 2.96. The summed E-state index contributed by atoms with van der Waals surface area (Å²) in [5.74, 6) is 1.55. The quantitative estimate of drug-likeness (QED) is 0.805. The molecule has 1 saturated heterocycles. The summed E-state index contributed by atoms with van der Waals surface area (Å²) in [6, 6.07) is 3.82. The van der Waals surface area contributed by atoms with Crippen LogP contribution in [0.4, 0.5) is 10.5 Å². The number of rotatable bonds is 1. The highest BCUT2D eigenvalue weighted by molar-refractivity contribution is 5.69. The number of piperidine rings is 1. The Morgan fingerprint density at radius 1 is 1.30 bits per heavy atom. The highest BCUT2D eigenvalue weighted by Gasteiger charge is 2.32. The zero-order valence-electron chi connectivity index (χ0n) is 13.9. The van der Waals surface area contributed by atoms with Crippen molar-refractivity contribution in [2.24, 2.45) is 0 Å². The summed E-state index contributed by atoms with van der Waals surface area (Å²) < 4.78 is 16.5. The van der Waals surface area contributed by atoms with Gasteiger partial charge in [0.15, 0.2) is 11.5 Å². The Bertz CT molecular complexity index is 609. The molecule has 6 heteroatoms. The maximum atomic E-state index is 12.3. The topological polar surface area (TPSA) is 74.0 Å². The maximum Gasteiger partial charge on any atom is 0.410 e. The molecule has 0 bridgehead atoms. The van der Waals surface area contributed by atoms with E-state index in [0.717, 1.165) is 30.7 Å². The first-order valence-corrected chi connectivity index (χ1v) is 8.01. The summed E-state index contributed by atoms with van der Waals surface area (Å²) in [4.78, 5) is 14.1. The molecule has 1 aromatic rings. The van der Waals surface area contributed by atoms with E-state index in [1.165, 1.54) is 0 Å². The highest BCUT2D eigenvalue weighted by Crippen LogP contribution is 2.45. The molecule has 1 atom stereocenters. The number of benzene rings is 1. The molecule has 0 aromatic heterocycles. The summed E-state index contributed by atoms with van der Waals surface area (Å²) in [5, 5.41) is 0. The van der Waals surface area contributed by atoms with E-state index in [-0.39, 0.29) is 18.8 Å². The summed E-state index contributed by atoms with van der Waals surface area (Å²) in [7, 11) is 0. The van der Waals surface area contributed by atoms with Gasteiger partial charge < -0.3 is 24.8 Å². The molecule has 0 saturated carbocycles. The molecule has 3 rings (SSSR count). The minimum Gasteiger partial charge on any atom is -0.453 e. The minimum atomic E-state index is -0.483. The van der Waals surface area contributed by atoms with Gasteiger partial charge >= 0.3 is 6.09 Å². The van der Waals surface area contributed by atoms with Gasteiger partial charge in [-0.1, -0.05) is 6.07 Å². The van der Waals surface area contributed by atoms with Crippen LogP contribution in [0.5, 0.6) is 11.5 Å². The van der Waals surface area contributed by atoms with Crippen molar-refractivity contribution in [3.8, 4) is 11.5 Å². The molecular formula is C17H24N2O4. The first kappa shape index (κ1) is 15.8. The van der Waals surface area contributed by atoms with Crippen molar-refractivity contribution in [2.75, 3.05) is 25.6 Å². The fraction of sp³-hybridized carbons (Fsp3) is 0.588. The molecule has 2 aliphatic rings. The molecule has 1 fully saturated rings. The smallest absolute Gasteiger partial charge is 0.410 e. The van der Waals surface area contributed by atoms with E-state index < -0.39 is 5.60 Å². The van der Waals surface area contributed by atoms with Gasteiger partial charge in [0.1, 0.15) is 5.60 Å². The van der Waals surface area contributed by atoms with E-state index >= 15 is 0 Å². The first-order valence-electron chi connectivity index (χ1n) is 8.01. The minimum absolute atomic E-state index is 0.193. The van der Waals surface area contributed by atoms with Gasteiger partial charge in [-0.3, -0.25) is 0 Å². The molecule has 23 heavy (non-hydrogen) atoms. The predicted octanol–water partition coefficient (Wildman–Crippen LogP) is 3.11. The molecule has 0 aliphatic carbocycles. The van der Waals surface area contributed by atoms with Gasteiger partial charge in [-0.05, 0) is 39.7 Å². The third-order valence-electron chi connectivity index (χ3n) is 4.09. The molecule has 2 N–H and O–H groups in total. The largest absolute Gasteiger partial charge is 0.453 e. The van der Waals surface area contributed by atoms with Crippen molar-refractivity contribution >= 4 is 11.8 Å². The van der Waals surface area contributed by atoms with E-state index in [4.69, 9.17) is 19.9 Å². The number of nitrogen functional groups attached to an aromatic ring is 1. The first-order chi connectivity index (χ1) is 10.8. The molecule has 2 heterocycles. The van der Waals surface area contributed by atoms with Gasteiger partial charge in [0.25, 0.3) is 0 Å². The Labute approximate surface area is 136 Å². The number of anilines is 1.